The highest BCUT2D eigenvalue weighted by Crippen LogP contribution is 2.23. The number of ether oxygens (including phenoxy) is 1. The standard InChI is InChI=1S/C18H17ClN2OS.ClH/c19-16-5-6-18(22-13-17-4-2-8-23-17)15(9-16)12-21-11-14-3-1-7-20-10-14;/h1-10,21H,11-13H2;1H. The molecule has 0 saturated carbocycles. The van der Waals surface area contributed by atoms with E-state index < -0.39 is 0 Å². The van der Waals surface area contributed by atoms with Crippen molar-refractivity contribution in [2.45, 2.75) is 19.7 Å². The summed E-state index contributed by atoms with van der Waals surface area (Å²) in [5, 5.41) is 5.02. The first kappa shape index (κ1) is 18.7. The van der Waals surface area contributed by atoms with Crippen LogP contribution >= 0.6 is 22.9 Å². The summed E-state index contributed by atoms with van der Waals surface area (Å²) in [5.41, 5.74) is 2.31. The fourth-order valence-electron chi connectivity index (χ4n) is 2.31. The van der Waals surface area contributed by atoms with E-state index in [9.17, 15) is 0 Å². The maximum absolute atomic E-state index is 6.14. The zero-order valence-electron chi connectivity index (χ0n) is 13.0. The molecule has 3 nitrogen and oxygen atoms in total. The van der Waals surface area contributed by atoms with E-state index in [0.717, 1.165) is 29.4 Å². The second-order valence-electron chi connectivity index (χ2n) is 5.18. The number of hydrogen-bond donors (Lipinski definition) is 1. The molecule has 6 heteroatoms. The van der Waals surface area contributed by atoms with E-state index in [1.165, 1.54) is 10.4 Å². The van der Waals surface area contributed by atoms with Crippen LogP contribution in [0.2, 0.25) is 5.02 Å². The SMILES string of the molecule is Clc1ccc(OCc2cccs2)c(C[NH2+]Cc2cccnc2)c1.[Cl-]. The fraction of sp³-hybridized carbons (Fsp3) is 0.167. The molecule has 0 bridgehead atoms. The number of pyridine rings is 1. The third-order valence-corrected chi connectivity index (χ3v) is 4.52. The Labute approximate surface area is 157 Å². The van der Waals surface area contributed by atoms with Crippen LogP contribution in [0.3, 0.4) is 0 Å². The number of rotatable bonds is 7. The monoisotopic (exact) mass is 380 g/mol. The fourth-order valence-corrected chi connectivity index (χ4v) is 3.12. The highest BCUT2D eigenvalue weighted by atomic mass is 35.5. The van der Waals surface area contributed by atoms with Crippen LogP contribution in [0.25, 0.3) is 0 Å². The van der Waals surface area contributed by atoms with Crippen molar-refractivity contribution in [3.8, 4) is 5.75 Å². The molecule has 0 radical (unpaired) electrons. The summed E-state index contributed by atoms with van der Waals surface area (Å²) in [6.07, 6.45) is 3.68. The Kier molecular flexibility index (Phi) is 7.53. The normalized spacial score (nSPS) is 10.2. The average molecular weight is 381 g/mol. The number of benzene rings is 1. The lowest BCUT2D eigenvalue weighted by Gasteiger charge is -2.11. The van der Waals surface area contributed by atoms with Gasteiger partial charge in [0.15, 0.2) is 0 Å². The Balaban J connectivity index is 0.00000208. The topological polar surface area (TPSA) is 38.7 Å². The van der Waals surface area contributed by atoms with E-state index >= 15 is 0 Å². The van der Waals surface area contributed by atoms with E-state index in [1.807, 2.05) is 36.5 Å². The number of aromatic nitrogens is 1. The van der Waals surface area contributed by atoms with Crippen molar-refractivity contribution in [1.82, 2.24) is 4.98 Å². The van der Waals surface area contributed by atoms with Gasteiger partial charge in [0, 0.05) is 33.4 Å². The lowest BCUT2D eigenvalue weighted by molar-refractivity contribution is -0.686. The van der Waals surface area contributed by atoms with Crippen molar-refractivity contribution in [3.63, 3.8) is 0 Å². The number of thiophene rings is 1. The Morgan fingerprint density at radius 1 is 1.12 bits per heavy atom. The van der Waals surface area contributed by atoms with Gasteiger partial charge in [0.25, 0.3) is 0 Å². The van der Waals surface area contributed by atoms with E-state index in [4.69, 9.17) is 16.3 Å². The minimum Gasteiger partial charge on any atom is -1.00 e. The van der Waals surface area contributed by atoms with Gasteiger partial charge in [-0.3, -0.25) is 4.98 Å². The summed E-state index contributed by atoms with van der Waals surface area (Å²) >= 11 is 7.84. The maximum atomic E-state index is 6.14. The zero-order chi connectivity index (χ0) is 15.9. The number of hydrogen-bond acceptors (Lipinski definition) is 3. The molecule has 0 amide bonds. The first-order chi connectivity index (χ1) is 11.3. The molecule has 3 rings (SSSR count). The quantitative estimate of drug-likeness (QED) is 0.653. The van der Waals surface area contributed by atoms with Crippen LogP contribution in [0.15, 0.2) is 60.2 Å². The summed E-state index contributed by atoms with van der Waals surface area (Å²) < 4.78 is 5.96. The number of quaternary nitrogens is 1. The molecule has 126 valence electrons. The molecule has 2 heterocycles. The van der Waals surface area contributed by atoms with Crippen LogP contribution in [0, 0.1) is 0 Å². The Bertz CT molecular complexity index is 736. The van der Waals surface area contributed by atoms with Gasteiger partial charge in [-0.2, -0.15) is 0 Å². The minimum atomic E-state index is 0. The molecule has 0 atom stereocenters. The number of nitrogens with two attached hydrogens (primary N) is 1. The van der Waals surface area contributed by atoms with Gasteiger partial charge in [-0.15, -0.1) is 11.3 Å². The van der Waals surface area contributed by atoms with Gasteiger partial charge in [0.05, 0.1) is 0 Å². The summed E-state index contributed by atoms with van der Waals surface area (Å²) in [4.78, 5) is 5.35. The molecule has 3 aromatic rings. The summed E-state index contributed by atoms with van der Waals surface area (Å²) in [7, 11) is 0. The predicted octanol–water partition coefficient (Wildman–Crippen LogP) is 0.643. The Hall–Kier alpha value is -1.59. The molecule has 0 aliphatic rings. The van der Waals surface area contributed by atoms with E-state index in [0.29, 0.717) is 6.61 Å². The molecule has 24 heavy (non-hydrogen) atoms. The van der Waals surface area contributed by atoms with Gasteiger partial charge in [-0.1, -0.05) is 23.7 Å². The van der Waals surface area contributed by atoms with Crippen LogP contribution in [-0.2, 0) is 19.7 Å². The molecule has 0 spiro atoms. The van der Waals surface area contributed by atoms with Crippen molar-refractivity contribution in [1.29, 1.82) is 0 Å². The predicted molar refractivity (Wildman–Crippen MR) is 93.7 cm³/mol. The average Bonchev–Trinajstić information content (AvgIpc) is 3.09. The molecular formula is C18H18Cl2N2OS. The van der Waals surface area contributed by atoms with E-state index in [1.54, 1.807) is 17.5 Å². The highest BCUT2D eigenvalue weighted by Gasteiger charge is 2.08. The van der Waals surface area contributed by atoms with Crippen LogP contribution in [0.1, 0.15) is 16.0 Å². The van der Waals surface area contributed by atoms with Gasteiger partial charge in [-0.25, -0.2) is 0 Å². The van der Waals surface area contributed by atoms with Gasteiger partial charge in [0.1, 0.15) is 25.4 Å². The first-order valence-corrected chi connectivity index (χ1v) is 8.71. The Morgan fingerprint density at radius 3 is 2.79 bits per heavy atom. The van der Waals surface area contributed by atoms with Crippen molar-refractivity contribution in [2.24, 2.45) is 0 Å². The minimum absolute atomic E-state index is 0. The van der Waals surface area contributed by atoms with Crippen molar-refractivity contribution < 1.29 is 22.5 Å². The lowest BCUT2D eigenvalue weighted by Crippen LogP contribution is -3.00. The molecule has 0 fully saturated rings. The van der Waals surface area contributed by atoms with Gasteiger partial charge < -0.3 is 22.5 Å². The molecule has 0 aliphatic heterocycles. The molecular weight excluding hydrogens is 363 g/mol. The molecule has 2 N–H and O–H groups in total. The molecule has 2 aromatic heterocycles. The first-order valence-electron chi connectivity index (χ1n) is 7.45. The van der Waals surface area contributed by atoms with E-state index in [2.05, 4.69) is 27.8 Å². The zero-order valence-corrected chi connectivity index (χ0v) is 15.3. The molecule has 1 aromatic carbocycles. The molecule has 0 saturated heterocycles. The van der Waals surface area contributed by atoms with Gasteiger partial charge in [-0.05, 0) is 35.7 Å². The lowest BCUT2D eigenvalue weighted by atomic mass is 10.2. The second-order valence-corrected chi connectivity index (χ2v) is 6.65. The number of nitrogens with zero attached hydrogens (tertiary/aromatic N) is 1. The molecule has 0 aliphatic carbocycles. The van der Waals surface area contributed by atoms with Crippen molar-refractivity contribution in [2.75, 3.05) is 0 Å². The van der Waals surface area contributed by atoms with Crippen LogP contribution in [0.5, 0.6) is 5.75 Å². The van der Waals surface area contributed by atoms with Crippen LogP contribution in [-0.4, -0.2) is 4.98 Å². The Morgan fingerprint density at radius 2 is 2.04 bits per heavy atom. The van der Waals surface area contributed by atoms with Crippen molar-refractivity contribution in [3.05, 3.63) is 81.3 Å². The third kappa shape index (κ3) is 5.49. The highest BCUT2D eigenvalue weighted by molar-refractivity contribution is 7.09. The largest absolute Gasteiger partial charge is 1.00 e. The second kappa shape index (κ2) is 9.64. The van der Waals surface area contributed by atoms with Crippen LogP contribution < -0.4 is 22.5 Å². The third-order valence-electron chi connectivity index (χ3n) is 3.44. The number of halogens is 2. The van der Waals surface area contributed by atoms with E-state index in [-0.39, 0.29) is 12.4 Å². The summed E-state index contributed by atoms with van der Waals surface area (Å²) in [5.74, 6) is 0.894. The van der Waals surface area contributed by atoms with Crippen LogP contribution in [0.4, 0.5) is 0 Å². The smallest absolute Gasteiger partial charge is 0.128 e. The summed E-state index contributed by atoms with van der Waals surface area (Å²) in [6, 6.07) is 13.9. The maximum Gasteiger partial charge on any atom is 0.128 e. The van der Waals surface area contributed by atoms with Gasteiger partial charge >= 0.3 is 0 Å². The molecule has 0 unspecified atom stereocenters. The van der Waals surface area contributed by atoms with Gasteiger partial charge in [0.2, 0.25) is 0 Å². The summed E-state index contributed by atoms with van der Waals surface area (Å²) in [6.45, 7) is 2.29. The van der Waals surface area contributed by atoms with Crippen molar-refractivity contribution >= 4 is 22.9 Å².